The van der Waals surface area contributed by atoms with Crippen LogP contribution >= 0.6 is 11.8 Å². The van der Waals surface area contributed by atoms with Crippen LogP contribution in [0.15, 0.2) is 29.2 Å². The van der Waals surface area contributed by atoms with Crippen LogP contribution in [0, 0.1) is 0 Å². The summed E-state index contributed by atoms with van der Waals surface area (Å²) in [6.07, 6.45) is 2.53. The van der Waals surface area contributed by atoms with Crippen molar-refractivity contribution in [2.45, 2.75) is 24.3 Å². The van der Waals surface area contributed by atoms with Crippen molar-refractivity contribution in [1.82, 2.24) is 4.90 Å². The average Bonchev–Trinajstić information content (AvgIpc) is 2.79. The van der Waals surface area contributed by atoms with Gasteiger partial charge < -0.3 is 4.90 Å². The molecule has 1 aliphatic heterocycles. The number of benzene rings is 1. The van der Waals surface area contributed by atoms with Crippen molar-refractivity contribution in [2.24, 2.45) is 0 Å². The van der Waals surface area contributed by atoms with E-state index in [1.165, 1.54) is 0 Å². The topological polar surface area (TPSA) is 54.5 Å². The SMILES string of the molecule is CCN(C(=O)c1ccc(SC)cc1)C1CCS(=O)(=O)C1. The maximum atomic E-state index is 12.5. The second kappa shape index (κ2) is 6.18. The third-order valence-corrected chi connectivity index (χ3v) is 6.08. The van der Waals surface area contributed by atoms with Gasteiger partial charge in [0.2, 0.25) is 0 Å². The molecule has 0 aromatic heterocycles. The molecule has 1 heterocycles. The van der Waals surface area contributed by atoms with Gasteiger partial charge in [0.15, 0.2) is 9.84 Å². The summed E-state index contributed by atoms with van der Waals surface area (Å²) in [5, 5.41) is 0. The summed E-state index contributed by atoms with van der Waals surface area (Å²) >= 11 is 1.62. The van der Waals surface area contributed by atoms with Gasteiger partial charge in [-0.25, -0.2) is 8.42 Å². The Bertz CT molecular complexity index is 581. The Balaban J connectivity index is 2.16. The van der Waals surface area contributed by atoms with Gasteiger partial charge in [-0.15, -0.1) is 11.8 Å². The minimum Gasteiger partial charge on any atom is -0.335 e. The van der Waals surface area contributed by atoms with Crippen molar-refractivity contribution in [3.05, 3.63) is 29.8 Å². The lowest BCUT2D eigenvalue weighted by atomic mass is 10.1. The molecule has 1 unspecified atom stereocenters. The zero-order valence-corrected chi connectivity index (χ0v) is 13.3. The molecule has 1 atom stereocenters. The molecule has 110 valence electrons. The van der Waals surface area contributed by atoms with Crippen LogP contribution in [0.2, 0.25) is 0 Å². The summed E-state index contributed by atoms with van der Waals surface area (Å²) in [4.78, 5) is 15.3. The quantitative estimate of drug-likeness (QED) is 0.799. The normalized spacial score (nSPS) is 20.8. The molecule has 1 amide bonds. The van der Waals surface area contributed by atoms with Gasteiger partial charge in [-0.1, -0.05) is 0 Å². The first-order chi connectivity index (χ1) is 9.46. The highest BCUT2D eigenvalue weighted by Crippen LogP contribution is 2.21. The summed E-state index contributed by atoms with van der Waals surface area (Å²) in [6.45, 7) is 2.42. The average molecular weight is 313 g/mol. The number of thioether (sulfide) groups is 1. The first-order valence-electron chi connectivity index (χ1n) is 6.62. The molecule has 1 aromatic rings. The molecule has 20 heavy (non-hydrogen) atoms. The Kier molecular flexibility index (Phi) is 4.75. The Hall–Kier alpha value is -1.01. The second-order valence-corrected chi connectivity index (χ2v) is 7.98. The van der Waals surface area contributed by atoms with E-state index in [0.717, 1.165) is 4.90 Å². The van der Waals surface area contributed by atoms with Crippen molar-refractivity contribution in [2.75, 3.05) is 24.3 Å². The minimum absolute atomic E-state index is 0.0812. The van der Waals surface area contributed by atoms with E-state index in [1.54, 1.807) is 28.8 Å². The lowest BCUT2D eigenvalue weighted by Crippen LogP contribution is -2.40. The van der Waals surface area contributed by atoms with Crippen LogP contribution in [0.1, 0.15) is 23.7 Å². The molecule has 0 aliphatic carbocycles. The molecule has 0 bridgehead atoms. The van der Waals surface area contributed by atoms with Gasteiger partial charge in [-0.05, 0) is 43.9 Å². The zero-order chi connectivity index (χ0) is 14.8. The molecule has 2 rings (SSSR count). The number of hydrogen-bond donors (Lipinski definition) is 0. The number of nitrogens with zero attached hydrogens (tertiary/aromatic N) is 1. The fourth-order valence-corrected chi connectivity index (χ4v) is 4.63. The molecule has 1 aromatic carbocycles. The van der Waals surface area contributed by atoms with Crippen LogP contribution in [-0.4, -0.2) is 49.6 Å². The highest BCUT2D eigenvalue weighted by molar-refractivity contribution is 7.98. The standard InChI is InChI=1S/C14H19NO3S2/c1-3-15(12-8-9-20(17,18)10-12)14(16)11-4-6-13(19-2)7-5-11/h4-7,12H,3,8-10H2,1-2H3. The Labute approximate surface area is 124 Å². The van der Waals surface area contributed by atoms with E-state index in [4.69, 9.17) is 0 Å². The van der Waals surface area contributed by atoms with Crippen LogP contribution < -0.4 is 0 Å². The van der Waals surface area contributed by atoms with Gasteiger partial charge >= 0.3 is 0 Å². The van der Waals surface area contributed by atoms with Gasteiger partial charge in [0, 0.05) is 23.0 Å². The van der Waals surface area contributed by atoms with Gasteiger partial charge in [0.1, 0.15) is 0 Å². The van der Waals surface area contributed by atoms with E-state index in [0.29, 0.717) is 18.5 Å². The van der Waals surface area contributed by atoms with Crippen LogP contribution in [0.5, 0.6) is 0 Å². The van der Waals surface area contributed by atoms with Crippen LogP contribution in [0.25, 0.3) is 0 Å². The molecule has 0 saturated carbocycles. The molecule has 6 heteroatoms. The minimum atomic E-state index is -2.97. The van der Waals surface area contributed by atoms with Crippen LogP contribution in [0.3, 0.4) is 0 Å². The Morgan fingerprint density at radius 2 is 2.00 bits per heavy atom. The van der Waals surface area contributed by atoms with Gasteiger partial charge in [-0.2, -0.15) is 0 Å². The molecule has 4 nitrogen and oxygen atoms in total. The molecule has 0 spiro atoms. The predicted octanol–water partition coefficient (Wildman–Crippen LogP) is 2.06. The number of carbonyl (C=O) groups is 1. The maximum absolute atomic E-state index is 12.5. The van der Waals surface area contributed by atoms with Crippen molar-refractivity contribution in [3.8, 4) is 0 Å². The van der Waals surface area contributed by atoms with Crippen molar-refractivity contribution in [3.63, 3.8) is 0 Å². The van der Waals surface area contributed by atoms with Gasteiger partial charge in [0.25, 0.3) is 5.91 Å². The molecule has 0 N–H and O–H groups in total. The predicted molar refractivity (Wildman–Crippen MR) is 82.0 cm³/mol. The molecular weight excluding hydrogens is 294 g/mol. The largest absolute Gasteiger partial charge is 0.335 e. The fourth-order valence-electron chi connectivity index (χ4n) is 2.49. The summed E-state index contributed by atoms with van der Waals surface area (Å²) in [6, 6.07) is 7.26. The first-order valence-corrected chi connectivity index (χ1v) is 9.67. The van der Waals surface area contributed by atoms with Crippen molar-refractivity contribution >= 4 is 27.5 Å². The molecule has 1 saturated heterocycles. The number of rotatable bonds is 4. The van der Waals surface area contributed by atoms with Crippen LogP contribution in [-0.2, 0) is 9.84 Å². The van der Waals surface area contributed by atoms with Gasteiger partial charge in [0.05, 0.1) is 11.5 Å². The zero-order valence-electron chi connectivity index (χ0n) is 11.7. The molecule has 1 aliphatic rings. The number of sulfone groups is 1. The first kappa shape index (κ1) is 15.4. The smallest absolute Gasteiger partial charge is 0.254 e. The summed E-state index contributed by atoms with van der Waals surface area (Å²) in [5.74, 6) is 0.199. The summed E-state index contributed by atoms with van der Waals surface area (Å²) < 4.78 is 23.1. The Morgan fingerprint density at radius 3 is 2.45 bits per heavy atom. The molecular formula is C14H19NO3S2. The van der Waals surface area contributed by atoms with Gasteiger partial charge in [-0.3, -0.25) is 4.79 Å². The monoisotopic (exact) mass is 313 g/mol. The Morgan fingerprint density at radius 1 is 1.35 bits per heavy atom. The van der Waals surface area contributed by atoms with E-state index < -0.39 is 9.84 Å². The third kappa shape index (κ3) is 3.35. The molecule has 0 radical (unpaired) electrons. The van der Waals surface area contributed by atoms with Crippen LogP contribution in [0.4, 0.5) is 0 Å². The lowest BCUT2D eigenvalue weighted by molar-refractivity contribution is 0.0708. The number of carbonyl (C=O) groups excluding carboxylic acids is 1. The number of hydrogen-bond acceptors (Lipinski definition) is 4. The van der Waals surface area contributed by atoms with E-state index >= 15 is 0 Å². The fraction of sp³-hybridized carbons (Fsp3) is 0.500. The van der Waals surface area contributed by atoms with Crippen molar-refractivity contribution in [1.29, 1.82) is 0 Å². The van der Waals surface area contributed by atoms with E-state index in [9.17, 15) is 13.2 Å². The van der Waals surface area contributed by atoms with E-state index in [2.05, 4.69) is 0 Å². The summed E-state index contributed by atoms with van der Waals surface area (Å²) in [7, 11) is -2.97. The summed E-state index contributed by atoms with van der Waals surface area (Å²) in [5.41, 5.74) is 0.619. The van der Waals surface area contributed by atoms with E-state index in [-0.39, 0.29) is 23.5 Å². The van der Waals surface area contributed by atoms with E-state index in [1.807, 2.05) is 25.3 Å². The second-order valence-electron chi connectivity index (χ2n) is 4.88. The lowest BCUT2D eigenvalue weighted by Gasteiger charge is -2.27. The van der Waals surface area contributed by atoms with Crippen molar-refractivity contribution < 1.29 is 13.2 Å². The molecule has 1 fully saturated rings. The third-order valence-electron chi connectivity index (χ3n) is 3.59. The number of amides is 1. The highest BCUT2D eigenvalue weighted by Gasteiger charge is 2.34. The highest BCUT2D eigenvalue weighted by atomic mass is 32.2. The maximum Gasteiger partial charge on any atom is 0.254 e.